The molecule has 2 aliphatic heterocycles. The fourth-order valence-corrected chi connectivity index (χ4v) is 5.38. The zero-order chi connectivity index (χ0) is 16.7. The van der Waals surface area contributed by atoms with Crippen LogP contribution in [0, 0.1) is 17.8 Å². The molecule has 4 aliphatic rings. The zero-order valence-corrected chi connectivity index (χ0v) is 13.6. The predicted molar refractivity (Wildman–Crippen MR) is 78.2 cm³/mol. The molecule has 1 spiro atoms. The summed E-state index contributed by atoms with van der Waals surface area (Å²) in [5, 5.41) is 11.0. The Labute approximate surface area is 134 Å². The number of aliphatic hydroxyl groups is 1. The number of ether oxygens (including phenoxy) is 3. The molecular weight excluding hydrogens is 300 g/mol. The second kappa shape index (κ2) is 4.36. The number of hydrogen-bond donors (Lipinski definition) is 1. The van der Waals surface area contributed by atoms with Gasteiger partial charge in [0.05, 0.1) is 11.5 Å². The highest BCUT2D eigenvalue weighted by molar-refractivity contribution is 5.91. The van der Waals surface area contributed by atoms with E-state index >= 15 is 0 Å². The van der Waals surface area contributed by atoms with Gasteiger partial charge in [-0.1, -0.05) is 13.5 Å². The second-order valence-corrected chi connectivity index (χ2v) is 7.69. The van der Waals surface area contributed by atoms with Crippen LogP contribution in [0.5, 0.6) is 0 Å². The quantitative estimate of drug-likeness (QED) is 0.440. The molecule has 1 N–H and O–H groups in total. The molecule has 23 heavy (non-hydrogen) atoms. The highest BCUT2D eigenvalue weighted by Gasteiger charge is 2.81. The van der Waals surface area contributed by atoms with Crippen LogP contribution in [-0.4, -0.2) is 46.6 Å². The van der Waals surface area contributed by atoms with Crippen LogP contribution in [0.1, 0.15) is 33.6 Å². The van der Waals surface area contributed by atoms with Gasteiger partial charge >= 0.3 is 11.9 Å². The van der Waals surface area contributed by atoms with Crippen LogP contribution in [0.4, 0.5) is 0 Å². The fraction of sp³-hybridized carbons (Fsp3) is 0.765. The highest BCUT2D eigenvalue weighted by atomic mass is 16.6. The maximum atomic E-state index is 11.9. The van der Waals surface area contributed by atoms with Crippen LogP contribution in [0.25, 0.3) is 0 Å². The summed E-state index contributed by atoms with van der Waals surface area (Å²) in [6.07, 6.45) is 0.0442. The highest BCUT2D eigenvalue weighted by Crippen LogP contribution is 2.67. The summed E-state index contributed by atoms with van der Waals surface area (Å²) in [5.41, 5.74) is -1.48. The summed E-state index contributed by atoms with van der Waals surface area (Å²) in [6, 6.07) is 0. The van der Waals surface area contributed by atoms with Crippen molar-refractivity contribution in [2.24, 2.45) is 17.8 Å². The number of carbonyl (C=O) groups excluding carboxylic acids is 2. The molecule has 2 aliphatic carbocycles. The van der Waals surface area contributed by atoms with Crippen LogP contribution in [0.2, 0.25) is 0 Å². The first-order valence-corrected chi connectivity index (χ1v) is 8.16. The van der Waals surface area contributed by atoms with E-state index in [-0.39, 0.29) is 48.0 Å². The summed E-state index contributed by atoms with van der Waals surface area (Å²) in [4.78, 5) is 23.3. The van der Waals surface area contributed by atoms with Crippen molar-refractivity contribution in [1.29, 1.82) is 0 Å². The van der Waals surface area contributed by atoms with Crippen molar-refractivity contribution in [3.8, 4) is 0 Å². The Balaban J connectivity index is 1.75. The third kappa shape index (κ3) is 1.76. The Morgan fingerprint density at radius 3 is 2.83 bits per heavy atom. The van der Waals surface area contributed by atoms with Crippen molar-refractivity contribution in [3.05, 3.63) is 12.2 Å². The van der Waals surface area contributed by atoms with Crippen molar-refractivity contribution in [2.45, 2.75) is 63.1 Å². The first kappa shape index (κ1) is 15.1. The lowest BCUT2D eigenvalue weighted by Gasteiger charge is -2.30. The molecule has 4 rings (SSSR count). The Hall–Kier alpha value is -1.40. The lowest BCUT2D eigenvalue weighted by Crippen LogP contribution is -2.45. The maximum absolute atomic E-state index is 11.9. The van der Waals surface area contributed by atoms with Crippen LogP contribution in [0.15, 0.2) is 12.2 Å². The molecule has 2 saturated heterocycles. The first-order chi connectivity index (χ1) is 10.7. The molecule has 0 radical (unpaired) electrons. The molecule has 126 valence electrons. The van der Waals surface area contributed by atoms with Gasteiger partial charge in [0.2, 0.25) is 0 Å². The average Bonchev–Trinajstić information content (AvgIpc) is 3.02. The van der Waals surface area contributed by atoms with Crippen molar-refractivity contribution in [2.75, 3.05) is 0 Å². The average molecular weight is 322 g/mol. The van der Waals surface area contributed by atoms with Gasteiger partial charge in [-0.05, 0) is 19.3 Å². The van der Waals surface area contributed by atoms with Gasteiger partial charge < -0.3 is 19.3 Å². The fourth-order valence-electron chi connectivity index (χ4n) is 5.38. The maximum Gasteiger partial charge on any atom is 0.334 e. The minimum absolute atomic E-state index is 0.0898. The lowest BCUT2D eigenvalue weighted by atomic mass is 9.76. The molecule has 2 heterocycles. The molecule has 0 amide bonds. The minimum Gasteiger partial charge on any atom is -0.462 e. The molecule has 8 unspecified atom stereocenters. The van der Waals surface area contributed by atoms with E-state index in [1.165, 1.54) is 6.92 Å². The minimum atomic E-state index is -1.11. The van der Waals surface area contributed by atoms with E-state index in [0.717, 1.165) is 0 Å². The van der Waals surface area contributed by atoms with Crippen molar-refractivity contribution >= 4 is 11.9 Å². The van der Waals surface area contributed by atoms with E-state index in [9.17, 15) is 14.7 Å². The van der Waals surface area contributed by atoms with Crippen molar-refractivity contribution in [3.63, 3.8) is 0 Å². The van der Waals surface area contributed by atoms with Crippen LogP contribution in [-0.2, 0) is 23.8 Å². The third-order valence-corrected chi connectivity index (χ3v) is 6.21. The van der Waals surface area contributed by atoms with E-state index < -0.39 is 11.2 Å². The van der Waals surface area contributed by atoms with Gasteiger partial charge in [-0.2, -0.15) is 0 Å². The van der Waals surface area contributed by atoms with Gasteiger partial charge in [0.1, 0.15) is 23.9 Å². The van der Waals surface area contributed by atoms with Gasteiger partial charge in [-0.15, -0.1) is 0 Å². The van der Waals surface area contributed by atoms with Crippen molar-refractivity contribution < 1.29 is 28.9 Å². The van der Waals surface area contributed by atoms with Crippen LogP contribution in [0.3, 0.4) is 0 Å². The summed E-state index contributed by atoms with van der Waals surface area (Å²) in [5.74, 6) is -0.967. The number of esters is 2. The molecule has 0 bridgehead atoms. The van der Waals surface area contributed by atoms with Gasteiger partial charge in [-0.3, -0.25) is 4.79 Å². The smallest absolute Gasteiger partial charge is 0.334 e. The summed E-state index contributed by atoms with van der Waals surface area (Å²) < 4.78 is 17.0. The number of fused-ring (bicyclic) bond motifs is 2. The van der Waals surface area contributed by atoms with Crippen LogP contribution >= 0.6 is 0 Å². The molecule has 2 saturated carbocycles. The van der Waals surface area contributed by atoms with Crippen LogP contribution < -0.4 is 0 Å². The Kier molecular flexibility index (Phi) is 2.87. The molecule has 6 nitrogen and oxygen atoms in total. The Bertz CT molecular complexity index is 610. The van der Waals surface area contributed by atoms with Crippen molar-refractivity contribution in [1.82, 2.24) is 0 Å². The summed E-state index contributed by atoms with van der Waals surface area (Å²) >= 11 is 0. The summed E-state index contributed by atoms with van der Waals surface area (Å²) in [6.45, 7) is 9.02. The number of epoxide rings is 1. The molecule has 8 atom stereocenters. The first-order valence-electron chi connectivity index (χ1n) is 8.16. The van der Waals surface area contributed by atoms with Gasteiger partial charge in [0.25, 0.3) is 0 Å². The van der Waals surface area contributed by atoms with E-state index in [0.29, 0.717) is 18.4 Å². The number of rotatable bonds is 1. The molecule has 4 fully saturated rings. The monoisotopic (exact) mass is 322 g/mol. The lowest BCUT2D eigenvalue weighted by molar-refractivity contribution is -0.149. The predicted octanol–water partition coefficient (Wildman–Crippen LogP) is 0.964. The molecule has 0 aromatic rings. The van der Waals surface area contributed by atoms with E-state index in [4.69, 9.17) is 14.2 Å². The van der Waals surface area contributed by atoms with Gasteiger partial charge in [0.15, 0.2) is 0 Å². The zero-order valence-electron chi connectivity index (χ0n) is 13.6. The summed E-state index contributed by atoms with van der Waals surface area (Å²) in [7, 11) is 0. The number of carbonyl (C=O) groups is 2. The van der Waals surface area contributed by atoms with Gasteiger partial charge in [-0.25, -0.2) is 4.79 Å². The molecular formula is C17H22O6. The van der Waals surface area contributed by atoms with E-state index in [2.05, 4.69) is 6.58 Å². The van der Waals surface area contributed by atoms with E-state index in [1.54, 1.807) is 6.92 Å². The second-order valence-electron chi connectivity index (χ2n) is 7.69. The van der Waals surface area contributed by atoms with E-state index in [1.807, 2.05) is 6.92 Å². The third-order valence-electron chi connectivity index (χ3n) is 6.21. The van der Waals surface area contributed by atoms with Gasteiger partial charge in [0, 0.05) is 24.8 Å². The molecule has 0 aromatic heterocycles. The normalized spacial score (nSPS) is 53.7. The Morgan fingerprint density at radius 2 is 2.17 bits per heavy atom. The largest absolute Gasteiger partial charge is 0.462 e. The molecule has 6 heteroatoms. The number of hydrogen-bond acceptors (Lipinski definition) is 6. The SMILES string of the molecule is C=C1C(=O)OC2CC(C)C3C(OC(C)=O)CC(C)(O)C34OC4C12. The molecule has 0 aromatic carbocycles. The Morgan fingerprint density at radius 1 is 1.48 bits per heavy atom. The standard InChI is InChI=1S/C17H22O6/c1-7-5-10-12(8(2)15(19)22-10)14-17(23-14)13(7)11(21-9(3)18)6-16(17,4)20/h7,10-14,20H,2,5-6H2,1,3-4H3. The topological polar surface area (TPSA) is 85.4 Å².